The quantitative estimate of drug-likeness (QED) is 0.556. The summed E-state index contributed by atoms with van der Waals surface area (Å²) in [6.45, 7) is 3.76. The van der Waals surface area contributed by atoms with E-state index in [9.17, 15) is 0 Å². The Bertz CT molecular complexity index is 138. The lowest BCUT2D eigenvalue weighted by Crippen LogP contribution is -2.50. The van der Waals surface area contributed by atoms with Crippen LogP contribution in [0.1, 0.15) is 25.7 Å². The molecule has 2 aliphatic heterocycles. The number of hydrogen-bond acceptors (Lipinski definition) is 2. The van der Waals surface area contributed by atoms with Crippen molar-refractivity contribution in [2.75, 3.05) is 26.7 Å². The highest BCUT2D eigenvalue weighted by atomic mass is 15.2. The molecule has 0 bridgehead atoms. The van der Waals surface area contributed by atoms with Crippen molar-refractivity contribution in [1.29, 1.82) is 0 Å². The highest BCUT2D eigenvalue weighted by Crippen LogP contribution is 2.31. The van der Waals surface area contributed by atoms with Crippen LogP contribution in [0.15, 0.2) is 0 Å². The van der Waals surface area contributed by atoms with Gasteiger partial charge in [0.05, 0.1) is 0 Å². The van der Waals surface area contributed by atoms with E-state index in [0.717, 1.165) is 0 Å². The van der Waals surface area contributed by atoms with Crippen LogP contribution in [0.4, 0.5) is 0 Å². The van der Waals surface area contributed by atoms with Crippen LogP contribution < -0.4 is 5.32 Å². The van der Waals surface area contributed by atoms with Crippen molar-refractivity contribution in [3.63, 3.8) is 0 Å². The van der Waals surface area contributed by atoms with Crippen LogP contribution in [0, 0.1) is 0 Å². The maximum atomic E-state index is 3.47. The molecule has 0 unspecified atom stereocenters. The molecule has 64 valence electrons. The van der Waals surface area contributed by atoms with Gasteiger partial charge in [0.15, 0.2) is 0 Å². The molecule has 0 aromatic carbocycles. The Balaban J connectivity index is 2.07. The molecular weight excluding hydrogens is 136 g/mol. The molecule has 2 nitrogen and oxygen atoms in total. The molecule has 2 fully saturated rings. The number of likely N-dealkylation sites (N-methyl/N-ethyl adjacent to an activating group) is 1. The van der Waals surface area contributed by atoms with E-state index in [1.807, 2.05) is 0 Å². The zero-order chi connectivity index (χ0) is 7.73. The third-order valence-corrected chi connectivity index (χ3v) is 3.42. The number of nitrogens with zero attached hydrogens (tertiary/aromatic N) is 1. The first-order valence-corrected chi connectivity index (χ1v) is 4.75. The second kappa shape index (κ2) is 2.76. The van der Waals surface area contributed by atoms with Gasteiger partial charge in [0.2, 0.25) is 0 Å². The number of hydrogen-bond donors (Lipinski definition) is 1. The second-order valence-electron chi connectivity index (χ2n) is 4.03. The zero-order valence-corrected chi connectivity index (χ0v) is 7.40. The molecule has 2 heterocycles. The van der Waals surface area contributed by atoms with Crippen molar-refractivity contribution in [2.24, 2.45) is 0 Å². The lowest BCUT2D eigenvalue weighted by atomic mass is 9.86. The Labute approximate surface area is 69.0 Å². The molecule has 11 heavy (non-hydrogen) atoms. The topological polar surface area (TPSA) is 15.3 Å². The molecule has 0 aromatic rings. The van der Waals surface area contributed by atoms with Crippen molar-refractivity contribution in [2.45, 2.75) is 31.2 Å². The molecule has 2 aliphatic rings. The van der Waals surface area contributed by atoms with Crippen LogP contribution in [0.3, 0.4) is 0 Å². The fraction of sp³-hybridized carbons (Fsp3) is 1.00. The van der Waals surface area contributed by atoms with Crippen LogP contribution in [0.25, 0.3) is 0 Å². The predicted octanol–water partition coefficient (Wildman–Crippen LogP) is 0.834. The van der Waals surface area contributed by atoms with Crippen molar-refractivity contribution >= 4 is 0 Å². The summed E-state index contributed by atoms with van der Waals surface area (Å²) in [4.78, 5) is 2.57. The minimum Gasteiger partial charge on any atom is -0.315 e. The highest BCUT2D eigenvalue weighted by molar-refractivity contribution is 4.98. The van der Waals surface area contributed by atoms with Gasteiger partial charge in [0.25, 0.3) is 0 Å². The van der Waals surface area contributed by atoms with E-state index in [4.69, 9.17) is 0 Å². The molecular formula is C9H18N2. The van der Waals surface area contributed by atoms with Crippen LogP contribution in [-0.4, -0.2) is 37.1 Å². The fourth-order valence-electron chi connectivity index (χ4n) is 2.50. The average molecular weight is 154 g/mol. The Morgan fingerprint density at radius 2 is 2.18 bits per heavy atom. The first-order valence-electron chi connectivity index (χ1n) is 4.75. The maximum Gasteiger partial charge on any atom is 0.0342 e. The number of piperidine rings is 1. The van der Waals surface area contributed by atoms with Crippen molar-refractivity contribution < 1.29 is 0 Å². The molecule has 2 heteroatoms. The van der Waals surface area contributed by atoms with E-state index in [1.54, 1.807) is 0 Å². The third kappa shape index (κ3) is 1.18. The van der Waals surface area contributed by atoms with Crippen LogP contribution in [-0.2, 0) is 0 Å². The summed E-state index contributed by atoms with van der Waals surface area (Å²) in [5.74, 6) is 0. The number of rotatable bonds is 0. The minimum absolute atomic E-state index is 0.554. The molecule has 2 saturated heterocycles. The van der Waals surface area contributed by atoms with Gasteiger partial charge in [-0.1, -0.05) is 6.42 Å². The second-order valence-corrected chi connectivity index (χ2v) is 4.03. The first-order chi connectivity index (χ1) is 5.33. The minimum atomic E-state index is 0.554. The Morgan fingerprint density at radius 3 is 2.82 bits per heavy atom. The largest absolute Gasteiger partial charge is 0.315 e. The molecule has 2 rings (SSSR count). The Morgan fingerprint density at radius 1 is 1.27 bits per heavy atom. The Hall–Kier alpha value is -0.0800. The number of nitrogens with one attached hydrogen (secondary N) is 1. The smallest absolute Gasteiger partial charge is 0.0342 e. The van der Waals surface area contributed by atoms with E-state index in [2.05, 4.69) is 17.3 Å². The van der Waals surface area contributed by atoms with Crippen LogP contribution in [0.5, 0.6) is 0 Å². The molecule has 1 N–H and O–H groups in total. The summed E-state index contributed by atoms with van der Waals surface area (Å²) in [6, 6.07) is 0. The zero-order valence-electron chi connectivity index (χ0n) is 7.40. The van der Waals surface area contributed by atoms with Gasteiger partial charge >= 0.3 is 0 Å². The average Bonchev–Trinajstić information content (AvgIpc) is 2.46. The summed E-state index contributed by atoms with van der Waals surface area (Å²) < 4.78 is 0. The standard InChI is InChI=1S/C9H18N2/c1-11-7-3-2-4-9(11)5-6-10-8-9/h10H,2-8H2,1H3/t9-/m1/s1. The summed E-state index contributed by atoms with van der Waals surface area (Å²) in [6.07, 6.45) is 5.62. The maximum absolute atomic E-state index is 3.47. The van der Waals surface area contributed by atoms with Crippen LogP contribution >= 0.6 is 0 Å². The van der Waals surface area contributed by atoms with Gasteiger partial charge in [-0.15, -0.1) is 0 Å². The summed E-state index contributed by atoms with van der Waals surface area (Å²) in [7, 11) is 2.28. The lowest BCUT2D eigenvalue weighted by Gasteiger charge is -2.42. The van der Waals surface area contributed by atoms with Crippen molar-refractivity contribution in [1.82, 2.24) is 10.2 Å². The van der Waals surface area contributed by atoms with Gasteiger partial charge in [0.1, 0.15) is 0 Å². The third-order valence-electron chi connectivity index (χ3n) is 3.42. The molecule has 1 spiro atoms. The van der Waals surface area contributed by atoms with E-state index in [-0.39, 0.29) is 0 Å². The van der Waals surface area contributed by atoms with Gasteiger partial charge in [0, 0.05) is 12.1 Å². The predicted molar refractivity (Wildman–Crippen MR) is 46.7 cm³/mol. The highest BCUT2D eigenvalue weighted by Gasteiger charge is 2.38. The van der Waals surface area contributed by atoms with Gasteiger partial charge < -0.3 is 5.32 Å². The molecule has 0 saturated carbocycles. The SMILES string of the molecule is CN1CCCC[C@]12CCNC2. The van der Waals surface area contributed by atoms with Gasteiger partial charge in [-0.2, -0.15) is 0 Å². The van der Waals surface area contributed by atoms with Crippen molar-refractivity contribution in [3.8, 4) is 0 Å². The summed E-state index contributed by atoms with van der Waals surface area (Å²) >= 11 is 0. The van der Waals surface area contributed by atoms with Crippen molar-refractivity contribution in [3.05, 3.63) is 0 Å². The summed E-state index contributed by atoms with van der Waals surface area (Å²) in [5.41, 5.74) is 0.554. The molecule has 0 amide bonds. The molecule has 0 aliphatic carbocycles. The normalized spacial score (nSPS) is 40.1. The molecule has 0 aromatic heterocycles. The van der Waals surface area contributed by atoms with Gasteiger partial charge in [-0.25, -0.2) is 0 Å². The molecule has 1 atom stereocenters. The fourth-order valence-corrected chi connectivity index (χ4v) is 2.50. The Kier molecular flexibility index (Phi) is 1.90. The van der Waals surface area contributed by atoms with E-state index in [0.29, 0.717) is 5.54 Å². The van der Waals surface area contributed by atoms with Crippen LogP contribution in [0.2, 0.25) is 0 Å². The first kappa shape index (κ1) is 7.56. The van der Waals surface area contributed by atoms with Gasteiger partial charge in [-0.05, 0) is 39.4 Å². The summed E-state index contributed by atoms with van der Waals surface area (Å²) in [5, 5.41) is 3.47. The lowest BCUT2D eigenvalue weighted by molar-refractivity contribution is 0.0911. The van der Waals surface area contributed by atoms with Gasteiger partial charge in [-0.3, -0.25) is 4.90 Å². The molecule has 0 radical (unpaired) electrons. The van der Waals surface area contributed by atoms with E-state index >= 15 is 0 Å². The van der Waals surface area contributed by atoms with E-state index < -0.39 is 0 Å². The van der Waals surface area contributed by atoms with E-state index in [1.165, 1.54) is 45.3 Å². The number of likely N-dealkylation sites (tertiary alicyclic amines) is 1. The monoisotopic (exact) mass is 154 g/mol.